The molecule has 4 nitrogen and oxygen atoms in total. The zero-order valence-corrected chi connectivity index (χ0v) is 9.03. The minimum atomic E-state index is -4.15. The Hall–Kier alpha value is -0.690. The van der Waals surface area contributed by atoms with Crippen molar-refractivity contribution in [3.8, 4) is 0 Å². The molecule has 0 atom stereocenters. The number of nitrogens with zero attached hydrogens (tertiary/aromatic N) is 1. The van der Waals surface area contributed by atoms with E-state index in [1.54, 1.807) is 6.07 Å². The minimum absolute atomic E-state index is 0.123. The smallest absolute Gasteiger partial charge is 0.281 e. The molecular weight excluding hydrogens is 246 g/mol. The summed E-state index contributed by atoms with van der Waals surface area (Å²) in [6, 6.07) is 2.95. The van der Waals surface area contributed by atoms with Crippen LogP contribution < -0.4 is 0 Å². The lowest BCUT2D eigenvalue weighted by molar-refractivity contribution is 0.485. The van der Waals surface area contributed by atoms with Gasteiger partial charge in [-0.15, -0.1) is 11.3 Å². The molecule has 74 valence electrons. The molecule has 0 saturated heterocycles. The van der Waals surface area contributed by atoms with Gasteiger partial charge < -0.3 is 0 Å². The van der Waals surface area contributed by atoms with Crippen LogP contribution in [0, 0.1) is 0 Å². The van der Waals surface area contributed by atoms with Crippen LogP contribution in [0.4, 0.5) is 0 Å². The summed E-state index contributed by atoms with van der Waals surface area (Å²) in [6.45, 7) is 0. The van der Waals surface area contributed by atoms with Crippen LogP contribution in [0.15, 0.2) is 22.5 Å². The maximum atomic E-state index is 10.8. The summed E-state index contributed by atoms with van der Waals surface area (Å²) in [5, 5.41) is 0.764. The molecule has 2 rings (SSSR count). The third kappa shape index (κ3) is 1.61. The second-order valence-corrected chi connectivity index (χ2v) is 5.64. The highest BCUT2D eigenvalue weighted by Crippen LogP contribution is 2.31. The number of pyridine rings is 1. The fourth-order valence-electron chi connectivity index (χ4n) is 1.03. The Kier molecular flexibility index (Phi) is 2.23. The van der Waals surface area contributed by atoms with Gasteiger partial charge in [-0.25, -0.2) is 4.98 Å². The van der Waals surface area contributed by atoms with Gasteiger partial charge in [-0.3, -0.25) is 4.55 Å². The second-order valence-electron chi connectivity index (χ2n) is 2.55. The van der Waals surface area contributed by atoms with Crippen LogP contribution in [0.3, 0.4) is 0 Å². The van der Waals surface area contributed by atoms with E-state index in [-0.39, 0.29) is 9.36 Å². The van der Waals surface area contributed by atoms with Gasteiger partial charge in [0.1, 0.15) is 9.36 Å². The fourth-order valence-corrected chi connectivity index (χ4v) is 3.05. The third-order valence-electron chi connectivity index (χ3n) is 1.63. The van der Waals surface area contributed by atoms with E-state index in [1.165, 1.54) is 12.3 Å². The van der Waals surface area contributed by atoms with Crippen molar-refractivity contribution in [1.29, 1.82) is 0 Å². The SMILES string of the molecule is O=S(=O)(O)c1cc2c(Cl)nccc2s1. The predicted octanol–water partition coefficient (Wildman–Crippen LogP) is 2.20. The molecule has 14 heavy (non-hydrogen) atoms. The van der Waals surface area contributed by atoms with Gasteiger partial charge in [0.2, 0.25) is 0 Å². The van der Waals surface area contributed by atoms with Gasteiger partial charge in [0, 0.05) is 16.3 Å². The lowest BCUT2D eigenvalue weighted by atomic mass is 10.3. The average molecular weight is 250 g/mol. The van der Waals surface area contributed by atoms with E-state index in [2.05, 4.69) is 4.98 Å². The molecule has 2 aromatic rings. The van der Waals surface area contributed by atoms with E-state index in [0.29, 0.717) is 10.1 Å². The molecule has 2 aromatic heterocycles. The molecular formula is C7H4ClNO3S2. The van der Waals surface area contributed by atoms with Gasteiger partial charge in [0.05, 0.1) is 0 Å². The van der Waals surface area contributed by atoms with Crippen LogP contribution in [0.1, 0.15) is 0 Å². The van der Waals surface area contributed by atoms with E-state index in [1.807, 2.05) is 0 Å². The maximum absolute atomic E-state index is 10.8. The highest BCUT2D eigenvalue weighted by molar-refractivity contribution is 7.88. The summed E-state index contributed by atoms with van der Waals surface area (Å²) >= 11 is 6.70. The van der Waals surface area contributed by atoms with E-state index in [4.69, 9.17) is 16.2 Å². The molecule has 0 fully saturated rings. The Balaban J connectivity index is 2.81. The lowest BCUT2D eigenvalue weighted by Gasteiger charge is -1.88. The van der Waals surface area contributed by atoms with Crippen molar-refractivity contribution in [3.63, 3.8) is 0 Å². The number of hydrogen-bond donors (Lipinski definition) is 1. The largest absolute Gasteiger partial charge is 0.304 e. The Bertz CT molecular complexity index is 590. The standard InChI is InChI=1S/C7H4ClNO3S2/c8-7-4-3-6(14(10,11)12)13-5(4)1-2-9-7/h1-3H,(H,10,11,12). The molecule has 0 radical (unpaired) electrons. The zero-order valence-electron chi connectivity index (χ0n) is 6.64. The number of aromatic nitrogens is 1. The van der Waals surface area contributed by atoms with Crippen molar-refractivity contribution in [3.05, 3.63) is 23.5 Å². The number of thiophene rings is 1. The summed E-state index contributed by atoms with van der Waals surface area (Å²) in [4.78, 5) is 3.80. The monoisotopic (exact) mass is 249 g/mol. The highest BCUT2D eigenvalue weighted by atomic mass is 35.5. The molecule has 0 aromatic carbocycles. The molecule has 0 saturated carbocycles. The van der Waals surface area contributed by atoms with Crippen molar-refractivity contribution in [1.82, 2.24) is 4.98 Å². The van der Waals surface area contributed by atoms with Gasteiger partial charge in [0.15, 0.2) is 0 Å². The first kappa shape index (κ1) is 9.85. The fraction of sp³-hybridized carbons (Fsp3) is 0. The predicted molar refractivity (Wildman–Crippen MR) is 54.4 cm³/mol. The van der Waals surface area contributed by atoms with Gasteiger partial charge in [0.25, 0.3) is 0 Å². The van der Waals surface area contributed by atoms with Crippen LogP contribution in [0.25, 0.3) is 10.1 Å². The molecule has 0 aliphatic rings. The van der Waals surface area contributed by atoms with Crippen LogP contribution in [-0.2, 0) is 10.1 Å². The zero-order chi connectivity index (χ0) is 10.3. The summed E-state index contributed by atoms with van der Waals surface area (Å²) < 4.78 is 31.0. The third-order valence-corrected chi connectivity index (χ3v) is 4.33. The van der Waals surface area contributed by atoms with Crippen molar-refractivity contribution < 1.29 is 13.0 Å². The van der Waals surface area contributed by atoms with Crippen molar-refractivity contribution in [2.24, 2.45) is 0 Å². The molecule has 7 heteroatoms. The van der Waals surface area contributed by atoms with Crippen molar-refractivity contribution in [2.75, 3.05) is 0 Å². The van der Waals surface area contributed by atoms with E-state index >= 15 is 0 Å². The summed E-state index contributed by atoms with van der Waals surface area (Å²) in [5.41, 5.74) is 0. The van der Waals surface area contributed by atoms with Crippen LogP contribution in [0.5, 0.6) is 0 Å². The lowest BCUT2D eigenvalue weighted by Crippen LogP contribution is -1.93. The Morgan fingerprint density at radius 1 is 1.50 bits per heavy atom. The first-order chi connectivity index (χ1) is 6.48. The molecule has 0 amide bonds. The van der Waals surface area contributed by atoms with E-state index in [9.17, 15) is 8.42 Å². The summed E-state index contributed by atoms with van der Waals surface area (Å²) in [6.07, 6.45) is 1.48. The van der Waals surface area contributed by atoms with Gasteiger partial charge in [-0.1, -0.05) is 11.6 Å². The molecule has 2 heterocycles. The molecule has 0 aliphatic heterocycles. The maximum Gasteiger partial charge on any atom is 0.304 e. The molecule has 0 bridgehead atoms. The van der Waals surface area contributed by atoms with Gasteiger partial charge in [-0.05, 0) is 12.1 Å². The Labute approximate surface area is 88.9 Å². The molecule has 0 aliphatic carbocycles. The van der Waals surface area contributed by atoms with Crippen LogP contribution in [0.2, 0.25) is 5.15 Å². The molecule has 1 N–H and O–H groups in total. The van der Waals surface area contributed by atoms with Crippen LogP contribution >= 0.6 is 22.9 Å². The van der Waals surface area contributed by atoms with Gasteiger partial charge >= 0.3 is 10.1 Å². The number of halogens is 1. The average Bonchev–Trinajstić information content (AvgIpc) is 2.48. The number of hydrogen-bond acceptors (Lipinski definition) is 4. The topological polar surface area (TPSA) is 67.3 Å². The summed E-state index contributed by atoms with van der Waals surface area (Å²) in [5.74, 6) is 0. The number of rotatable bonds is 1. The molecule has 0 spiro atoms. The highest BCUT2D eigenvalue weighted by Gasteiger charge is 2.15. The Morgan fingerprint density at radius 3 is 2.79 bits per heavy atom. The summed E-state index contributed by atoms with van der Waals surface area (Å²) in [7, 11) is -4.15. The van der Waals surface area contributed by atoms with E-state index in [0.717, 1.165) is 11.3 Å². The Morgan fingerprint density at radius 2 is 2.21 bits per heavy atom. The van der Waals surface area contributed by atoms with Crippen molar-refractivity contribution >= 4 is 43.1 Å². The minimum Gasteiger partial charge on any atom is -0.281 e. The molecule has 0 unspecified atom stereocenters. The van der Waals surface area contributed by atoms with E-state index < -0.39 is 10.1 Å². The van der Waals surface area contributed by atoms with Crippen molar-refractivity contribution in [2.45, 2.75) is 4.21 Å². The number of fused-ring (bicyclic) bond motifs is 1. The first-order valence-corrected chi connectivity index (χ1v) is 6.13. The van der Waals surface area contributed by atoms with Crippen LogP contribution in [-0.4, -0.2) is 18.0 Å². The quantitative estimate of drug-likeness (QED) is 0.621. The van der Waals surface area contributed by atoms with Gasteiger partial charge in [-0.2, -0.15) is 8.42 Å². The first-order valence-electron chi connectivity index (χ1n) is 3.50. The normalized spacial score (nSPS) is 12.1. The second kappa shape index (κ2) is 3.16.